The van der Waals surface area contributed by atoms with Gasteiger partial charge in [0.25, 0.3) is 6.01 Å². The zero-order valence-corrected chi connectivity index (χ0v) is 14.7. The summed E-state index contributed by atoms with van der Waals surface area (Å²) in [6, 6.07) is 14.4. The van der Waals surface area contributed by atoms with Crippen molar-refractivity contribution >= 4 is 23.1 Å². The minimum absolute atomic E-state index is 0.681. The molecule has 1 fully saturated rings. The van der Waals surface area contributed by atoms with Gasteiger partial charge >= 0.3 is 0 Å². The maximum absolute atomic E-state index is 5.88. The first-order valence-corrected chi connectivity index (χ1v) is 8.96. The summed E-state index contributed by atoms with van der Waals surface area (Å²) < 4.78 is 5.88. The van der Waals surface area contributed by atoms with Crippen molar-refractivity contribution in [2.45, 2.75) is 0 Å². The lowest BCUT2D eigenvalue weighted by molar-refractivity contribution is 0.539. The third-order valence-corrected chi connectivity index (χ3v) is 4.72. The molecule has 3 aromatic heterocycles. The van der Waals surface area contributed by atoms with Gasteiger partial charge in [0.15, 0.2) is 5.58 Å². The first-order valence-electron chi connectivity index (χ1n) is 8.96. The number of hydrogen-bond acceptors (Lipinski definition) is 7. The van der Waals surface area contributed by atoms with Crippen LogP contribution in [0.15, 0.2) is 65.5 Å². The van der Waals surface area contributed by atoms with Crippen molar-refractivity contribution < 1.29 is 4.42 Å². The van der Waals surface area contributed by atoms with Crippen LogP contribution in [0, 0.1) is 0 Å². The first kappa shape index (κ1) is 15.7. The number of piperazine rings is 1. The highest BCUT2D eigenvalue weighted by molar-refractivity contribution is 5.74. The Bertz CT molecular complexity index is 1020. The zero-order chi connectivity index (χ0) is 18.1. The fourth-order valence-corrected chi connectivity index (χ4v) is 3.27. The standard InChI is InChI=1S/C20H18N6O/c1-2-6-18-17(5-1)24-20(27-18)26-12-10-25(11-13-26)19-22-9-7-16(23-19)15-4-3-8-21-14-15/h1-9,14H,10-13H2. The van der Waals surface area contributed by atoms with Crippen molar-refractivity contribution in [3.8, 4) is 11.3 Å². The summed E-state index contributed by atoms with van der Waals surface area (Å²) in [5.74, 6) is 0.744. The summed E-state index contributed by atoms with van der Waals surface area (Å²) in [5.41, 5.74) is 3.59. The molecule has 4 aromatic rings. The van der Waals surface area contributed by atoms with Crippen LogP contribution in [0.1, 0.15) is 0 Å². The van der Waals surface area contributed by atoms with Crippen LogP contribution in [0.5, 0.6) is 0 Å². The van der Waals surface area contributed by atoms with Crippen molar-refractivity contribution in [2.24, 2.45) is 0 Å². The van der Waals surface area contributed by atoms with Crippen LogP contribution >= 0.6 is 0 Å². The molecule has 1 aliphatic rings. The van der Waals surface area contributed by atoms with Crippen LogP contribution in [0.3, 0.4) is 0 Å². The smallest absolute Gasteiger partial charge is 0.298 e. The van der Waals surface area contributed by atoms with Gasteiger partial charge in [-0.2, -0.15) is 4.98 Å². The Labute approximate surface area is 156 Å². The lowest BCUT2D eigenvalue weighted by Crippen LogP contribution is -2.47. The fourth-order valence-electron chi connectivity index (χ4n) is 3.27. The average molecular weight is 358 g/mol. The van der Waals surface area contributed by atoms with E-state index in [4.69, 9.17) is 9.40 Å². The summed E-state index contributed by atoms with van der Waals surface area (Å²) in [6.07, 6.45) is 5.38. The van der Waals surface area contributed by atoms with Crippen molar-refractivity contribution in [1.82, 2.24) is 19.9 Å². The Morgan fingerprint density at radius 2 is 1.67 bits per heavy atom. The molecular weight excluding hydrogens is 340 g/mol. The maximum atomic E-state index is 5.88. The molecule has 7 heteroatoms. The Morgan fingerprint density at radius 1 is 0.815 bits per heavy atom. The second kappa shape index (κ2) is 6.68. The zero-order valence-electron chi connectivity index (χ0n) is 14.7. The van der Waals surface area contributed by atoms with Crippen molar-refractivity contribution in [3.05, 3.63) is 61.1 Å². The number of para-hydroxylation sites is 2. The summed E-state index contributed by atoms with van der Waals surface area (Å²) in [4.78, 5) is 22.3. The minimum Gasteiger partial charge on any atom is -0.423 e. The van der Waals surface area contributed by atoms with E-state index in [9.17, 15) is 0 Å². The minimum atomic E-state index is 0.681. The van der Waals surface area contributed by atoms with Gasteiger partial charge in [-0.1, -0.05) is 12.1 Å². The van der Waals surface area contributed by atoms with Crippen LogP contribution in [-0.4, -0.2) is 46.1 Å². The summed E-state index contributed by atoms with van der Waals surface area (Å²) >= 11 is 0. The second-order valence-corrected chi connectivity index (χ2v) is 6.42. The van der Waals surface area contributed by atoms with Gasteiger partial charge in [0.05, 0.1) is 5.69 Å². The quantitative estimate of drug-likeness (QED) is 0.557. The normalized spacial score (nSPS) is 14.7. The molecule has 1 aliphatic heterocycles. The highest BCUT2D eigenvalue weighted by atomic mass is 16.4. The van der Waals surface area contributed by atoms with E-state index in [2.05, 4.69) is 24.8 Å². The molecule has 0 radical (unpaired) electrons. The van der Waals surface area contributed by atoms with Gasteiger partial charge < -0.3 is 14.2 Å². The SMILES string of the molecule is c1cncc(-c2ccnc(N3CCN(c4nc5ccccc5o4)CC3)n2)c1. The van der Waals surface area contributed by atoms with Gasteiger partial charge in [-0.3, -0.25) is 4.98 Å². The van der Waals surface area contributed by atoms with E-state index >= 15 is 0 Å². The molecule has 4 heterocycles. The third kappa shape index (κ3) is 3.08. The number of oxazole rings is 1. The number of aromatic nitrogens is 4. The van der Waals surface area contributed by atoms with Crippen molar-refractivity contribution in [3.63, 3.8) is 0 Å². The topological polar surface area (TPSA) is 71.2 Å². The Morgan fingerprint density at radius 3 is 2.48 bits per heavy atom. The number of anilines is 2. The predicted molar refractivity (Wildman–Crippen MR) is 104 cm³/mol. The average Bonchev–Trinajstić information content (AvgIpc) is 3.19. The van der Waals surface area contributed by atoms with Crippen molar-refractivity contribution in [2.75, 3.05) is 36.0 Å². The molecule has 0 spiro atoms. The third-order valence-electron chi connectivity index (χ3n) is 4.72. The van der Waals surface area contributed by atoms with Crippen LogP contribution in [-0.2, 0) is 0 Å². The Balaban J connectivity index is 1.32. The number of benzene rings is 1. The molecule has 0 aliphatic carbocycles. The lowest BCUT2D eigenvalue weighted by Gasteiger charge is -2.33. The molecule has 5 rings (SSSR count). The van der Waals surface area contributed by atoms with E-state index in [0.29, 0.717) is 6.01 Å². The Hall–Kier alpha value is -3.48. The van der Waals surface area contributed by atoms with E-state index < -0.39 is 0 Å². The predicted octanol–water partition coefficient (Wildman–Crippen LogP) is 3.01. The van der Waals surface area contributed by atoms with Gasteiger partial charge in [0, 0.05) is 50.3 Å². The van der Waals surface area contributed by atoms with Crippen LogP contribution in [0.4, 0.5) is 12.0 Å². The number of pyridine rings is 1. The number of fused-ring (bicyclic) bond motifs is 1. The van der Waals surface area contributed by atoms with E-state index in [1.807, 2.05) is 48.7 Å². The van der Waals surface area contributed by atoms with E-state index in [-0.39, 0.29) is 0 Å². The van der Waals surface area contributed by atoms with Crippen LogP contribution in [0.25, 0.3) is 22.4 Å². The molecule has 1 saturated heterocycles. The fraction of sp³-hybridized carbons (Fsp3) is 0.200. The number of hydrogen-bond donors (Lipinski definition) is 0. The van der Waals surface area contributed by atoms with Gasteiger partial charge in [-0.15, -0.1) is 0 Å². The van der Waals surface area contributed by atoms with E-state index in [1.54, 1.807) is 12.4 Å². The van der Waals surface area contributed by atoms with Crippen LogP contribution in [0.2, 0.25) is 0 Å². The van der Waals surface area contributed by atoms with Gasteiger partial charge in [-0.25, -0.2) is 9.97 Å². The molecule has 0 saturated carbocycles. The molecule has 0 N–H and O–H groups in total. The first-order chi connectivity index (χ1) is 13.4. The monoisotopic (exact) mass is 358 g/mol. The molecule has 0 bridgehead atoms. The summed E-state index contributed by atoms with van der Waals surface area (Å²) in [7, 11) is 0. The Kier molecular flexibility index (Phi) is 3.90. The van der Waals surface area contributed by atoms with E-state index in [1.165, 1.54) is 0 Å². The maximum Gasteiger partial charge on any atom is 0.298 e. The number of rotatable bonds is 3. The van der Waals surface area contributed by atoms with E-state index in [0.717, 1.165) is 54.5 Å². The van der Waals surface area contributed by atoms with Gasteiger partial charge in [0.1, 0.15) is 5.52 Å². The molecule has 27 heavy (non-hydrogen) atoms. The number of nitrogens with zero attached hydrogens (tertiary/aromatic N) is 6. The van der Waals surface area contributed by atoms with Gasteiger partial charge in [0.2, 0.25) is 5.95 Å². The van der Waals surface area contributed by atoms with Crippen molar-refractivity contribution in [1.29, 1.82) is 0 Å². The lowest BCUT2D eigenvalue weighted by atomic mass is 10.2. The summed E-state index contributed by atoms with van der Waals surface area (Å²) in [5, 5.41) is 0. The highest BCUT2D eigenvalue weighted by Gasteiger charge is 2.22. The van der Waals surface area contributed by atoms with Gasteiger partial charge in [-0.05, 0) is 30.3 Å². The van der Waals surface area contributed by atoms with Crippen LogP contribution < -0.4 is 9.80 Å². The highest BCUT2D eigenvalue weighted by Crippen LogP contribution is 2.24. The molecule has 0 atom stereocenters. The molecule has 134 valence electrons. The molecule has 0 amide bonds. The molecule has 0 unspecified atom stereocenters. The second-order valence-electron chi connectivity index (χ2n) is 6.42. The molecule has 1 aromatic carbocycles. The molecular formula is C20H18N6O. The summed E-state index contributed by atoms with van der Waals surface area (Å²) in [6.45, 7) is 3.26. The molecule has 7 nitrogen and oxygen atoms in total. The largest absolute Gasteiger partial charge is 0.423 e.